The van der Waals surface area contributed by atoms with Crippen LogP contribution in [0.4, 0.5) is 0 Å². The number of hydrogen-bond acceptors (Lipinski definition) is 5. The van der Waals surface area contributed by atoms with Crippen LogP contribution in [0, 0.1) is 11.8 Å². The second-order valence-corrected chi connectivity index (χ2v) is 8.63. The van der Waals surface area contributed by atoms with E-state index in [0.29, 0.717) is 12.8 Å². The average Bonchev–Trinajstić information content (AvgIpc) is 2.33. The summed E-state index contributed by atoms with van der Waals surface area (Å²) < 4.78 is 68.9. The number of rotatable bonds is 10. The fourth-order valence-electron chi connectivity index (χ4n) is 1.65. The maximum atomic E-state index is 11.4. The van der Waals surface area contributed by atoms with E-state index in [9.17, 15) is 25.9 Å². The molecule has 0 aromatic heterocycles. The Morgan fingerprint density at radius 2 is 1.10 bits per heavy atom. The minimum Gasteiger partial charge on any atom is -0.338 e. The Morgan fingerprint density at radius 3 is 1.29 bits per heavy atom. The molecule has 4 unspecified atom stereocenters. The highest BCUT2D eigenvalue weighted by molar-refractivity contribution is 7.87. The van der Waals surface area contributed by atoms with Crippen LogP contribution in [0.3, 0.4) is 0 Å². The van der Waals surface area contributed by atoms with Crippen LogP contribution in [0.1, 0.15) is 53.4 Å². The zero-order chi connectivity index (χ0) is 16.8. The average molecular weight is 346 g/mol. The zero-order valence-corrected chi connectivity index (χ0v) is 14.5. The Morgan fingerprint density at radius 1 is 0.810 bits per heavy atom. The lowest BCUT2D eigenvalue weighted by Crippen LogP contribution is -2.35. The van der Waals surface area contributed by atoms with E-state index >= 15 is 0 Å². The molecule has 0 bridgehead atoms. The standard InChI is InChI=1S/C12H26O7S2/c1-5-9(3)7-11(20(13,14)15)19-12(21(16,17)18)8-10(4)6-2/h9-12H,5-8H2,1-4H3,(H,13,14,15)(H,16,17,18). The van der Waals surface area contributed by atoms with Gasteiger partial charge in [0.25, 0.3) is 20.2 Å². The van der Waals surface area contributed by atoms with E-state index in [1.165, 1.54) is 0 Å². The first-order chi connectivity index (χ1) is 9.41. The molecular formula is C12H26O7S2. The van der Waals surface area contributed by atoms with Crippen molar-refractivity contribution in [2.24, 2.45) is 11.8 Å². The summed E-state index contributed by atoms with van der Waals surface area (Å²) in [6, 6.07) is 0. The number of hydrogen-bond donors (Lipinski definition) is 2. The molecule has 7 nitrogen and oxygen atoms in total. The van der Waals surface area contributed by atoms with Crippen LogP contribution >= 0.6 is 0 Å². The van der Waals surface area contributed by atoms with Crippen LogP contribution < -0.4 is 0 Å². The summed E-state index contributed by atoms with van der Waals surface area (Å²) in [5.74, 6) is -0.162. The van der Waals surface area contributed by atoms with Gasteiger partial charge in [0, 0.05) is 0 Å². The van der Waals surface area contributed by atoms with E-state index in [2.05, 4.69) is 0 Å². The van der Waals surface area contributed by atoms with E-state index in [1.54, 1.807) is 13.8 Å². The van der Waals surface area contributed by atoms with Crippen molar-refractivity contribution in [2.75, 3.05) is 0 Å². The van der Waals surface area contributed by atoms with Gasteiger partial charge >= 0.3 is 0 Å². The van der Waals surface area contributed by atoms with Gasteiger partial charge in [0.2, 0.25) is 0 Å². The molecule has 128 valence electrons. The van der Waals surface area contributed by atoms with Crippen molar-refractivity contribution >= 4 is 20.2 Å². The highest BCUT2D eigenvalue weighted by Gasteiger charge is 2.34. The van der Waals surface area contributed by atoms with E-state index in [0.717, 1.165) is 0 Å². The van der Waals surface area contributed by atoms with Crippen molar-refractivity contribution in [1.82, 2.24) is 0 Å². The van der Waals surface area contributed by atoms with Gasteiger partial charge in [0.15, 0.2) is 10.9 Å². The third kappa shape index (κ3) is 8.10. The normalized spacial score (nSPS) is 19.0. The molecule has 0 spiro atoms. The van der Waals surface area contributed by atoms with Gasteiger partial charge in [-0.2, -0.15) is 16.8 Å². The molecule has 4 atom stereocenters. The molecule has 0 aliphatic rings. The summed E-state index contributed by atoms with van der Waals surface area (Å²) >= 11 is 0. The zero-order valence-electron chi connectivity index (χ0n) is 12.9. The Kier molecular flexibility index (Phi) is 8.33. The molecule has 9 heteroatoms. The smallest absolute Gasteiger partial charge is 0.292 e. The fourth-order valence-corrected chi connectivity index (χ4v) is 3.42. The summed E-state index contributed by atoms with van der Waals surface area (Å²) in [5, 5.41) is 0. The first kappa shape index (κ1) is 20.8. The van der Waals surface area contributed by atoms with Gasteiger partial charge in [-0.1, -0.05) is 40.5 Å². The first-order valence-electron chi connectivity index (χ1n) is 6.99. The van der Waals surface area contributed by atoms with Crippen molar-refractivity contribution in [3.8, 4) is 0 Å². The molecule has 0 radical (unpaired) electrons. The highest BCUT2D eigenvalue weighted by atomic mass is 32.2. The van der Waals surface area contributed by atoms with E-state index < -0.39 is 31.1 Å². The van der Waals surface area contributed by atoms with Crippen LogP contribution in [-0.4, -0.2) is 36.8 Å². The SMILES string of the molecule is CCC(C)CC(OC(CC(C)CC)S(=O)(=O)O)S(=O)(=O)O. The Bertz CT molecular complexity index is 452. The van der Waals surface area contributed by atoms with Crippen molar-refractivity contribution < 1.29 is 30.7 Å². The lowest BCUT2D eigenvalue weighted by Gasteiger charge is -2.24. The molecule has 0 rings (SSSR count). The van der Waals surface area contributed by atoms with Crippen molar-refractivity contribution in [3.05, 3.63) is 0 Å². The fraction of sp³-hybridized carbons (Fsp3) is 1.00. The number of ether oxygens (including phenoxy) is 1. The van der Waals surface area contributed by atoms with Gasteiger partial charge in [0.05, 0.1) is 0 Å². The molecule has 0 saturated carbocycles. The summed E-state index contributed by atoms with van der Waals surface area (Å²) in [7, 11) is -9.13. The molecule has 0 heterocycles. The second kappa shape index (κ2) is 8.42. The monoisotopic (exact) mass is 346 g/mol. The van der Waals surface area contributed by atoms with Crippen LogP contribution in [0.15, 0.2) is 0 Å². The predicted molar refractivity (Wildman–Crippen MR) is 79.9 cm³/mol. The third-order valence-electron chi connectivity index (χ3n) is 3.55. The van der Waals surface area contributed by atoms with Gasteiger partial charge in [-0.15, -0.1) is 0 Å². The van der Waals surface area contributed by atoms with Crippen LogP contribution in [-0.2, 0) is 25.0 Å². The van der Waals surface area contributed by atoms with E-state index in [-0.39, 0.29) is 24.7 Å². The Labute approximate surface area is 127 Å². The van der Waals surface area contributed by atoms with E-state index in [1.807, 2.05) is 13.8 Å². The van der Waals surface area contributed by atoms with Crippen LogP contribution in [0.25, 0.3) is 0 Å². The topological polar surface area (TPSA) is 118 Å². The highest BCUT2D eigenvalue weighted by Crippen LogP contribution is 2.23. The predicted octanol–water partition coefficient (Wildman–Crippen LogP) is 2.30. The Hall–Kier alpha value is -0.220. The van der Waals surface area contributed by atoms with E-state index in [4.69, 9.17) is 4.74 Å². The maximum absolute atomic E-state index is 11.4. The molecule has 0 aromatic carbocycles. The molecule has 0 saturated heterocycles. The van der Waals surface area contributed by atoms with Crippen LogP contribution in [0.5, 0.6) is 0 Å². The summed E-state index contributed by atoms with van der Waals surface area (Å²) in [6.45, 7) is 7.20. The molecule has 0 aromatic rings. The Balaban J connectivity index is 5.22. The summed E-state index contributed by atoms with van der Waals surface area (Å²) in [5.41, 5.74) is -3.33. The molecule has 0 amide bonds. The summed E-state index contributed by atoms with van der Waals surface area (Å²) in [4.78, 5) is 0. The van der Waals surface area contributed by atoms with Gasteiger partial charge in [0.1, 0.15) is 0 Å². The molecule has 21 heavy (non-hydrogen) atoms. The van der Waals surface area contributed by atoms with Gasteiger partial charge < -0.3 is 4.74 Å². The summed E-state index contributed by atoms with van der Waals surface area (Å²) in [6.07, 6.45) is 1.22. The second-order valence-electron chi connectivity index (χ2n) is 5.52. The molecule has 0 fully saturated rings. The van der Waals surface area contributed by atoms with Gasteiger partial charge in [-0.25, -0.2) is 0 Å². The van der Waals surface area contributed by atoms with Crippen LogP contribution in [0.2, 0.25) is 0 Å². The molecule has 0 aliphatic carbocycles. The van der Waals surface area contributed by atoms with Crippen molar-refractivity contribution in [2.45, 2.75) is 64.3 Å². The quantitative estimate of drug-likeness (QED) is 0.583. The van der Waals surface area contributed by atoms with Crippen molar-refractivity contribution in [1.29, 1.82) is 0 Å². The first-order valence-corrected chi connectivity index (χ1v) is 10.00. The minimum absolute atomic E-state index is 0.0398. The molecule has 2 N–H and O–H groups in total. The largest absolute Gasteiger partial charge is 0.338 e. The minimum atomic E-state index is -4.57. The van der Waals surface area contributed by atoms with Gasteiger partial charge in [-0.05, 0) is 24.7 Å². The maximum Gasteiger partial charge on any atom is 0.292 e. The molecular weight excluding hydrogens is 320 g/mol. The lowest BCUT2D eigenvalue weighted by atomic mass is 10.1. The van der Waals surface area contributed by atoms with Gasteiger partial charge in [-0.3, -0.25) is 9.11 Å². The van der Waals surface area contributed by atoms with Crippen molar-refractivity contribution in [3.63, 3.8) is 0 Å². The lowest BCUT2D eigenvalue weighted by molar-refractivity contribution is 0.0429. The molecule has 0 aliphatic heterocycles. The third-order valence-corrected chi connectivity index (χ3v) is 5.49.